The predicted molar refractivity (Wildman–Crippen MR) is 85.2 cm³/mol. The highest BCUT2D eigenvalue weighted by Gasteiger charge is 2.20. The number of hydrogen-bond acceptors (Lipinski definition) is 4. The molecule has 0 atom stereocenters. The second-order valence-electron chi connectivity index (χ2n) is 5.81. The van der Waals surface area contributed by atoms with Crippen molar-refractivity contribution in [2.24, 2.45) is 0 Å². The van der Waals surface area contributed by atoms with Gasteiger partial charge in [0.15, 0.2) is 0 Å². The molecule has 0 saturated carbocycles. The molecule has 4 nitrogen and oxygen atoms in total. The number of rotatable bonds is 2. The van der Waals surface area contributed by atoms with Crippen molar-refractivity contribution in [3.63, 3.8) is 0 Å². The van der Waals surface area contributed by atoms with E-state index in [0.29, 0.717) is 0 Å². The molecule has 0 amide bonds. The van der Waals surface area contributed by atoms with Gasteiger partial charge in [-0.2, -0.15) is 0 Å². The first-order chi connectivity index (χ1) is 10.4. The molecule has 0 bridgehead atoms. The van der Waals surface area contributed by atoms with Crippen molar-refractivity contribution in [1.29, 1.82) is 0 Å². The molecule has 3 heterocycles. The zero-order valence-electron chi connectivity index (χ0n) is 12.2. The molecule has 0 aliphatic carbocycles. The Morgan fingerprint density at radius 2 is 1.67 bits per heavy atom. The molecule has 2 aliphatic heterocycles. The highest BCUT2D eigenvalue weighted by atomic mass is 15.2. The zero-order chi connectivity index (χ0) is 14.1. The van der Waals surface area contributed by atoms with Gasteiger partial charge in [-0.15, -0.1) is 0 Å². The third-order valence-corrected chi connectivity index (χ3v) is 4.46. The lowest BCUT2D eigenvalue weighted by Crippen LogP contribution is -2.26. The number of para-hydroxylation sites is 1. The van der Waals surface area contributed by atoms with Crippen molar-refractivity contribution in [2.75, 3.05) is 29.4 Å². The van der Waals surface area contributed by atoms with Gasteiger partial charge in [-0.3, -0.25) is 0 Å². The van der Waals surface area contributed by atoms with Gasteiger partial charge in [0.2, 0.25) is 0 Å². The average molecular weight is 280 g/mol. The van der Waals surface area contributed by atoms with Gasteiger partial charge in [0.05, 0.1) is 0 Å². The number of aryl methyl sites for hydroxylation is 1. The second kappa shape index (κ2) is 5.35. The maximum Gasteiger partial charge on any atom is 0.138 e. The average Bonchev–Trinajstić information content (AvgIpc) is 3.09. The van der Waals surface area contributed by atoms with Gasteiger partial charge in [-0.25, -0.2) is 9.97 Å². The van der Waals surface area contributed by atoms with Gasteiger partial charge in [0.1, 0.15) is 18.0 Å². The molecule has 4 heteroatoms. The normalized spacial score (nSPS) is 17.9. The molecule has 0 N–H and O–H groups in total. The van der Waals surface area contributed by atoms with Crippen LogP contribution in [0.4, 0.5) is 17.3 Å². The topological polar surface area (TPSA) is 32.3 Å². The third kappa shape index (κ3) is 2.35. The summed E-state index contributed by atoms with van der Waals surface area (Å²) in [6.45, 7) is 3.27. The standard InChI is InChI=1S/C17H20N4/c1-2-8-15-14(6-1)7-5-11-21(15)17-12-16(18-13-19-17)20-9-3-4-10-20/h1-2,6,8,12-13H,3-5,7,9-11H2. The van der Waals surface area contributed by atoms with E-state index in [1.54, 1.807) is 6.33 Å². The fourth-order valence-electron chi connectivity index (χ4n) is 3.38. The first kappa shape index (κ1) is 12.6. The summed E-state index contributed by atoms with van der Waals surface area (Å²) in [5.41, 5.74) is 2.72. The summed E-state index contributed by atoms with van der Waals surface area (Å²) in [5, 5.41) is 0. The van der Waals surface area contributed by atoms with E-state index in [1.807, 2.05) is 0 Å². The summed E-state index contributed by atoms with van der Waals surface area (Å²) in [6.07, 6.45) is 6.59. The lowest BCUT2D eigenvalue weighted by molar-refractivity contribution is 0.757. The Morgan fingerprint density at radius 3 is 2.57 bits per heavy atom. The van der Waals surface area contributed by atoms with E-state index in [2.05, 4.69) is 50.1 Å². The van der Waals surface area contributed by atoms with E-state index < -0.39 is 0 Å². The molecule has 1 saturated heterocycles. The van der Waals surface area contributed by atoms with Crippen molar-refractivity contribution in [2.45, 2.75) is 25.7 Å². The summed E-state index contributed by atoms with van der Waals surface area (Å²) in [7, 11) is 0. The van der Waals surface area contributed by atoms with E-state index in [1.165, 1.54) is 30.5 Å². The fourth-order valence-corrected chi connectivity index (χ4v) is 3.38. The Labute approximate surface area is 125 Å². The Balaban J connectivity index is 1.69. The maximum atomic E-state index is 4.52. The summed E-state index contributed by atoms with van der Waals surface area (Å²) in [5.74, 6) is 2.10. The van der Waals surface area contributed by atoms with Crippen molar-refractivity contribution >= 4 is 17.3 Å². The molecule has 2 aliphatic rings. The van der Waals surface area contributed by atoms with Crippen molar-refractivity contribution < 1.29 is 0 Å². The predicted octanol–water partition coefficient (Wildman–Crippen LogP) is 3.16. The second-order valence-corrected chi connectivity index (χ2v) is 5.81. The van der Waals surface area contributed by atoms with Crippen LogP contribution in [0, 0.1) is 0 Å². The maximum absolute atomic E-state index is 4.52. The van der Waals surface area contributed by atoms with E-state index in [0.717, 1.165) is 37.7 Å². The van der Waals surface area contributed by atoms with E-state index >= 15 is 0 Å². The minimum atomic E-state index is 1.03. The number of fused-ring (bicyclic) bond motifs is 1. The summed E-state index contributed by atoms with van der Waals surface area (Å²) in [6, 6.07) is 10.8. The van der Waals surface area contributed by atoms with Gasteiger partial charge in [-0.05, 0) is 37.3 Å². The van der Waals surface area contributed by atoms with Crippen LogP contribution in [0.3, 0.4) is 0 Å². The third-order valence-electron chi connectivity index (χ3n) is 4.46. The number of benzene rings is 1. The molecule has 0 spiro atoms. The highest BCUT2D eigenvalue weighted by Crippen LogP contribution is 2.33. The fraction of sp³-hybridized carbons (Fsp3) is 0.412. The molecule has 4 rings (SSSR count). The van der Waals surface area contributed by atoms with E-state index in [-0.39, 0.29) is 0 Å². The van der Waals surface area contributed by atoms with Crippen LogP contribution in [0.15, 0.2) is 36.7 Å². The first-order valence-corrected chi connectivity index (χ1v) is 7.84. The molecular formula is C17H20N4. The van der Waals surface area contributed by atoms with Gasteiger partial charge >= 0.3 is 0 Å². The number of nitrogens with zero attached hydrogens (tertiary/aromatic N) is 4. The Bertz CT molecular complexity index is 634. The number of aromatic nitrogens is 2. The minimum absolute atomic E-state index is 1.03. The van der Waals surface area contributed by atoms with Gasteiger partial charge in [0, 0.05) is 31.4 Å². The molecule has 1 fully saturated rings. The largest absolute Gasteiger partial charge is 0.356 e. The van der Waals surface area contributed by atoms with Crippen molar-refractivity contribution in [3.05, 3.63) is 42.2 Å². The summed E-state index contributed by atoms with van der Waals surface area (Å²) in [4.78, 5) is 13.7. The molecule has 1 aromatic carbocycles. The van der Waals surface area contributed by atoms with Crippen LogP contribution in [0.25, 0.3) is 0 Å². The Hall–Kier alpha value is -2.10. The van der Waals surface area contributed by atoms with Crippen LogP contribution in [0.2, 0.25) is 0 Å². The van der Waals surface area contributed by atoms with Gasteiger partial charge < -0.3 is 9.80 Å². The lowest BCUT2D eigenvalue weighted by Gasteiger charge is -2.30. The Kier molecular flexibility index (Phi) is 3.22. The van der Waals surface area contributed by atoms with Gasteiger partial charge in [-0.1, -0.05) is 18.2 Å². The van der Waals surface area contributed by atoms with Crippen molar-refractivity contribution in [3.8, 4) is 0 Å². The van der Waals surface area contributed by atoms with Gasteiger partial charge in [0.25, 0.3) is 0 Å². The van der Waals surface area contributed by atoms with Crippen LogP contribution < -0.4 is 9.80 Å². The molecule has 21 heavy (non-hydrogen) atoms. The summed E-state index contributed by atoms with van der Waals surface area (Å²) >= 11 is 0. The smallest absolute Gasteiger partial charge is 0.138 e. The molecule has 108 valence electrons. The van der Waals surface area contributed by atoms with E-state index in [4.69, 9.17) is 0 Å². The monoisotopic (exact) mass is 280 g/mol. The van der Waals surface area contributed by atoms with Crippen molar-refractivity contribution in [1.82, 2.24) is 9.97 Å². The quantitative estimate of drug-likeness (QED) is 0.846. The van der Waals surface area contributed by atoms with Crippen LogP contribution in [0.5, 0.6) is 0 Å². The van der Waals surface area contributed by atoms with Crippen LogP contribution in [0.1, 0.15) is 24.8 Å². The molecule has 0 radical (unpaired) electrons. The SMILES string of the molecule is c1ccc2c(c1)CCCN2c1cc(N2CCCC2)ncn1. The van der Waals surface area contributed by atoms with Crippen LogP contribution >= 0.6 is 0 Å². The molecule has 2 aromatic rings. The highest BCUT2D eigenvalue weighted by molar-refractivity contribution is 5.67. The zero-order valence-corrected chi connectivity index (χ0v) is 12.2. The van der Waals surface area contributed by atoms with Crippen LogP contribution in [-0.2, 0) is 6.42 Å². The number of anilines is 3. The number of hydrogen-bond donors (Lipinski definition) is 0. The van der Waals surface area contributed by atoms with Crippen LogP contribution in [-0.4, -0.2) is 29.6 Å². The van der Waals surface area contributed by atoms with E-state index in [9.17, 15) is 0 Å². The summed E-state index contributed by atoms with van der Waals surface area (Å²) < 4.78 is 0. The first-order valence-electron chi connectivity index (χ1n) is 7.84. The molecule has 0 unspecified atom stereocenters. The molecular weight excluding hydrogens is 260 g/mol. The lowest BCUT2D eigenvalue weighted by atomic mass is 10.0. The Morgan fingerprint density at radius 1 is 0.857 bits per heavy atom. The molecule has 1 aromatic heterocycles. The minimum Gasteiger partial charge on any atom is -0.356 e.